The maximum Gasteiger partial charge on any atom is 0.241 e. The maximum absolute atomic E-state index is 10.3. The highest BCUT2D eigenvalue weighted by atomic mass is 16.1. The Kier molecular flexibility index (Phi) is 8.31. The van der Waals surface area contributed by atoms with E-state index in [4.69, 9.17) is 5.73 Å². The fourth-order valence-corrected chi connectivity index (χ4v) is 1.01. The minimum atomic E-state index is -0.356. The summed E-state index contributed by atoms with van der Waals surface area (Å²) in [4.78, 5) is 10.3. The quantitative estimate of drug-likeness (QED) is 0.366. The lowest BCUT2D eigenvalue weighted by atomic mass is 10.2. The zero-order valence-electron chi connectivity index (χ0n) is 8.33. The molecule has 2 N–H and O–H groups in total. The molecule has 0 radical (unpaired) electrons. The van der Waals surface area contributed by atoms with Crippen LogP contribution in [0.2, 0.25) is 0 Å². The SMILES string of the molecule is CCC=CCCCCC=CC(N)=O. The lowest BCUT2D eigenvalue weighted by Gasteiger charge is -1.92. The van der Waals surface area contributed by atoms with Crippen LogP contribution in [0.4, 0.5) is 0 Å². The Hall–Kier alpha value is -1.05. The normalized spacial score (nSPS) is 11.5. The molecule has 0 heterocycles. The van der Waals surface area contributed by atoms with Crippen LogP contribution >= 0.6 is 0 Å². The molecule has 0 saturated carbocycles. The van der Waals surface area contributed by atoms with E-state index in [1.165, 1.54) is 12.5 Å². The van der Waals surface area contributed by atoms with Gasteiger partial charge in [-0.1, -0.05) is 25.2 Å². The monoisotopic (exact) mass is 181 g/mol. The molecule has 2 nitrogen and oxygen atoms in total. The Morgan fingerprint density at radius 2 is 1.77 bits per heavy atom. The summed E-state index contributed by atoms with van der Waals surface area (Å²) in [6, 6.07) is 0. The van der Waals surface area contributed by atoms with Crippen molar-refractivity contribution in [3.63, 3.8) is 0 Å². The summed E-state index contributed by atoms with van der Waals surface area (Å²) in [6.07, 6.45) is 13.2. The second-order valence-electron chi connectivity index (χ2n) is 2.97. The van der Waals surface area contributed by atoms with Crippen LogP contribution < -0.4 is 5.73 Å². The van der Waals surface area contributed by atoms with E-state index in [1.54, 1.807) is 0 Å². The van der Waals surface area contributed by atoms with E-state index in [0.717, 1.165) is 25.7 Å². The molecule has 0 aliphatic heterocycles. The van der Waals surface area contributed by atoms with E-state index in [1.807, 2.05) is 6.08 Å². The van der Waals surface area contributed by atoms with Crippen molar-refractivity contribution in [3.05, 3.63) is 24.3 Å². The predicted molar refractivity (Wildman–Crippen MR) is 56.2 cm³/mol. The number of allylic oxidation sites excluding steroid dienone is 3. The fourth-order valence-electron chi connectivity index (χ4n) is 1.01. The van der Waals surface area contributed by atoms with Crippen molar-refractivity contribution < 1.29 is 4.79 Å². The van der Waals surface area contributed by atoms with Crippen LogP contribution in [0.1, 0.15) is 39.0 Å². The van der Waals surface area contributed by atoms with Gasteiger partial charge in [0.25, 0.3) is 0 Å². The summed E-state index contributed by atoms with van der Waals surface area (Å²) in [6.45, 7) is 2.13. The first-order valence-corrected chi connectivity index (χ1v) is 4.88. The van der Waals surface area contributed by atoms with Gasteiger partial charge in [-0.25, -0.2) is 0 Å². The predicted octanol–water partition coefficient (Wildman–Crippen LogP) is 2.55. The lowest BCUT2D eigenvalue weighted by Crippen LogP contribution is -2.05. The fraction of sp³-hybridized carbons (Fsp3) is 0.545. The number of hydrogen-bond donors (Lipinski definition) is 1. The molecular weight excluding hydrogens is 162 g/mol. The molecule has 0 aromatic rings. The largest absolute Gasteiger partial charge is 0.366 e. The minimum absolute atomic E-state index is 0.356. The van der Waals surface area contributed by atoms with Gasteiger partial charge in [0.1, 0.15) is 0 Å². The highest BCUT2D eigenvalue weighted by Gasteiger charge is 1.84. The van der Waals surface area contributed by atoms with Gasteiger partial charge in [0.15, 0.2) is 0 Å². The third-order valence-corrected chi connectivity index (χ3v) is 1.68. The van der Waals surface area contributed by atoms with Crippen molar-refractivity contribution >= 4 is 5.91 Å². The Balaban J connectivity index is 3.17. The van der Waals surface area contributed by atoms with Gasteiger partial charge in [0.2, 0.25) is 5.91 Å². The average molecular weight is 181 g/mol. The molecular formula is C11H19NO. The molecule has 0 spiro atoms. The number of unbranched alkanes of at least 4 members (excludes halogenated alkanes) is 3. The van der Waals surface area contributed by atoms with Crippen molar-refractivity contribution in [2.75, 3.05) is 0 Å². The van der Waals surface area contributed by atoms with E-state index in [0.29, 0.717) is 0 Å². The van der Waals surface area contributed by atoms with E-state index in [9.17, 15) is 4.79 Å². The number of nitrogens with two attached hydrogens (primary N) is 1. The summed E-state index contributed by atoms with van der Waals surface area (Å²) >= 11 is 0. The molecule has 0 unspecified atom stereocenters. The second-order valence-corrected chi connectivity index (χ2v) is 2.97. The number of carbonyl (C=O) groups excluding carboxylic acids is 1. The van der Waals surface area contributed by atoms with Crippen molar-refractivity contribution in [3.8, 4) is 0 Å². The van der Waals surface area contributed by atoms with Crippen LogP contribution in [0.5, 0.6) is 0 Å². The number of amides is 1. The smallest absolute Gasteiger partial charge is 0.241 e. The van der Waals surface area contributed by atoms with Crippen molar-refractivity contribution in [1.29, 1.82) is 0 Å². The second kappa shape index (κ2) is 9.04. The van der Waals surface area contributed by atoms with Crippen LogP contribution in [-0.2, 0) is 4.79 Å². The average Bonchev–Trinajstić information content (AvgIpc) is 2.09. The van der Waals surface area contributed by atoms with Crippen LogP contribution in [0, 0.1) is 0 Å². The lowest BCUT2D eigenvalue weighted by molar-refractivity contribution is -0.113. The number of carbonyl (C=O) groups is 1. The highest BCUT2D eigenvalue weighted by Crippen LogP contribution is 2.01. The van der Waals surface area contributed by atoms with Gasteiger partial charge in [0.05, 0.1) is 0 Å². The van der Waals surface area contributed by atoms with Gasteiger partial charge in [-0.2, -0.15) is 0 Å². The molecule has 74 valence electrons. The number of primary amides is 1. The van der Waals surface area contributed by atoms with Gasteiger partial charge in [0, 0.05) is 0 Å². The Bertz CT molecular complexity index is 183. The van der Waals surface area contributed by atoms with Crippen molar-refractivity contribution in [2.24, 2.45) is 5.73 Å². The number of rotatable bonds is 7. The van der Waals surface area contributed by atoms with Crippen LogP contribution in [0.3, 0.4) is 0 Å². The molecule has 2 heteroatoms. The summed E-state index contributed by atoms with van der Waals surface area (Å²) in [7, 11) is 0. The summed E-state index contributed by atoms with van der Waals surface area (Å²) in [5, 5.41) is 0. The molecule has 13 heavy (non-hydrogen) atoms. The molecule has 0 saturated heterocycles. The van der Waals surface area contributed by atoms with Gasteiger partial charge in [-0.3, -0.25) is 4.79 Å². The molecule has 0 atom stereocenters. The van der Waals surface area contributed by atoms with E-state index >= 15 is 0 Å². The Morgan fingerprint density at radius 1 is 1.15 bits per heavy atom. The zero-order valence-corrected chi connectivity index (χ0v) is 8.33. The molecule has 0 bridgehead atoms. The first kappa shape index (κ1) is 11.9. The zero-order chi connectivity index (χ0) is 9.94. The van der Waals surface area contributed by atoms with Gasteiger partial charge >= 0.3 is 0 Å². The van der Waals surface area contributed by atoms with Crippen LogP contribution in [0.25, 0.3) is 0 Å². The standard InChI is InChI=1S/C11H19NO/c1-2-3-4-5-6-7-8-9-10-11(12)13/h3-4,9-10H,2,5-8H2,1H3,(H2,12,13). The summed E-state index contributed by atoms with van der Waals surface area (Å²) in [5.41, 5.74) is 4.94. The maximum atomic E-state index is 10.3. The van der Waals surface area contributed by atoms with Gasteiger partial charge in [-0.05, 0) is 38.2 Å². The van der Waals surface area contributed by atoms with Crippen LogP contribution in [-0.4, -0.2) is 5.91 Å². The van der Waals surface area contributed by atoms with Crippen molar-refractivity contribution in [1.82, 2.24) is 0 Å². The molecule has 1 amide bonds. The summed E-state index contributed by atoms with van der Waals surface area (Å²) in [5.74, 6) is -0.356. The molecule has 0 rings (SSSR count). The molecule has 0 fully saturated rings. The van der Waals surface area contributed by atoms with E-state index < -0.39 is 0 Å². The Labute approximate surface area is 80.5 Å². The molecule has 0 aliphatic rings. The minimum Gasteiger partial charge on any atom is -0.366 e. The summed E-state index contributed by atoms with van der Waals surface area (Å²) < 4.78 is 0. The molecule has 0 aromatic heterocycles. The van der Waals surface area contributed by atoms with Crippen molar-refractivity contribution in [2.45, 2.75) is 39.0 Å². The van der Waals surface area contributed by atoms with E-state index in [-0.39, 0.29) is 5.91 Å². The third-order valence-electron chi connectivity index (χ3n) is 1.68. The molecule has 0 aliphatic carbocycles. The number of hydrogen-bond acceptors (Lipinski definition) is 1. The van der Waals surface area contributed by atoms with Gasteiger partial charge in [-0.15, -0.1) is 0 Å². The van der Waals surface area contributed by atoms with E-state index in [2.05, 4.69) is 19.1 Å². The Morgan fingerprint density at radius 3 is 2.31 bits per heavy atom. The first-order valence-electron chi connectivity index (χ1n) is 4.88. The molecule has 0 aromatic carbocycles. The third kappa shape index (κ3) is 10.9. The topological polar surface area (TPSA) is 43.1 Å². The highest BCUT2D eigenvalue weighted by molar-refractivity contribution is 5.85. The van der Waals surface area contributed by atoms with Gasteiger partial charge < -0.3 is 5.73 Å². The van der Waals surface area contributed by atoms with Crippen LogP contribution in [0.15, 0.2) is 24.3 Å². The first-order chi connectivity index (χ1) is 6.27.